The lowest BCUT2D eigenvalue weighted by atomic mass is 10.1. The fourth-order valence-corrected chi connectivity index (χ4v) is 3.70. The number of carbonyl (C=O) groups excluding carboxylic acids is 2. The summed E-state index contributed by atoms with van der Waals surface area (Å²) >= 11 is 5.86. The fourth-order valence-electron chi connectivity index (χ4n) is 3.41. The van der Waals surface area contributed by atoms with Crippen molar-refractivity contribution in [1.29, 1.82) is 0 Å². The zero-order valence-electron chi connectivity index (χ0n) is 20.4. The Morgan fingerprint density at radius 3 is 2.39 bits per heavy atom. The van der Waals surface area contributed by atoms with Crippen molar-refractivity contribution in [2.24, 2.45) is 0 Å². The van der Waals surface area contributed by atoms with E-state index in [0.717, 1.165) is 12.1 Å². The third kappa shape index (κ3) is 6.93. The van der Waals surface area contributed by atoms with Crippen LogP contribution >= 0.6 is 11.6 Å². The van der Waals surface area contributed by atoms with Gasteiger partial charge in [0.15, 0.2) is 17.3 Å². The summed E-state index contributed by atoms with van der Waals surface area (Å²) in [6, 6.07) is 10.4. The highest BCUT2D eigenvalue weighted by Crippen LogP contribution is 2.38. The molecular weight excluding hydrogens is 529 g/mol. The van der Waals surface area contributed by atoms with Crippen LogP contribution < -0.4 is 19.5 Å². The number of aliphatic hydroxyl groups excluding tert-OH is 1. The van der Waals surface area contributed by atoms with Gasteiger partial charge in [-0.15, -0.1) is 0 Å². The molecule has 0 saturated heterocycles. The molecule has 0 saturated carbocycles. The predicted molar refractivity (Wildman–Crippen MR) is 133 cm³/mol. The minimum atomic E-state index is -4.63. The molecular formula is C26H24ClF3N2O6. The van der Waals surface area contributed by atoms with E-state index >= 15 is 0 Å². The second-order valence-electron chi connectivity index (χ2n) is 7.71. The number of Topliss-reactive ketones (excluding diaryl/α,β-unsaturated/α-hetero) is 1. The summed E-state index contributed by atoms with van der Waals surface area (Å²) in [6.07, 6.45) is -4.63. The maximum Gasteiger partial charge on any atom is 0.417 e. The van der Waals surface area contributed by atoms with Gasteiger partial charge in [-0.05, 0) is 49.4 Å². The zero-order valence-corrected chi connectivity index (χ0v) is 21.2. The van der Waals surface area contributed by atoms with Gasteiger partial charge in [0.05, 0.1) is 37.5 Å². The summed E-state index contributed by atoms with van der Waals surface area (Å²) in [5.74, 6) is -0.254. The number of hydrogen-bond donors (Lipinski definition) is 2. The molecule has 0 spiro atoms. The number of amides is 1. The molecule has 0 atom stereocenters. The summed E-state index contributed by atoms with van der Waals surface area (Å²) in [4.78, 5) is 29.7. The number of aliphatic hydroxyl groups is 1. The van der Waals surface area contributed by atoms with E-state index in [-0.39, 0.29) is 53.8 Å². The SMILES string of the molecule is CCOc1ccc(C(=O)CNC(=O)c2ccc(OCCO)c(OC)c2)nc1-c1ccc(C(F)(F)F)c(Cl)c1. The lowest BCUT2D eigenvalue weighted by Gasteiger charge is -2.14. The second-order valence-corrected chi connectivity index (χ2v) is 8.12. The van der Waals surface area contributed by atoms with Crippen molar-refractivity contribution in [2.75, 3.05) is 33.5 Å². The van der Waals surface area contributed by atoms with Crippen LogP contribution in [0.5, 0.6) is 17.2 Å². The fraction of sp³-hybridized carbons (Fsp3) is 0.269. The highest BCUT2D eigenvalue weighted by Gasteiger charge is 2.33. The number of nitrogens with zero attached hydrogens (tertiary/aromatic N) is 1. The summed E-state index contributed by atoms with van der Waals surface area (Å²) < 4.78 is 55.4. The van der Waals surface area contributed by atoms with Gasteiger partial charge in [0.2, 0.25) is 0 Å². The van der Waals surface area contributed by atoms with Crippen LogP contribution in [0, 0.1) is 0 Å². The first kappa shape index (κ1) is 28.7. The number of carbonyl (C=O) groups is 2. The van der Waals surface area contributed by atoms with E-state index in [1.165, 1.54) is 43.5 Å². The van der Waals surface area contributed by atoms with Gasteiger partial charge in [0.25, 0.3) is 5.91 Å². The Morgan fingerprint density at radius 1 is 1.03 bits per heavy atom. The first-order chi connectivity index (χ1) is 18.1. The Kier molecular flexibility index (Phi) is 9.54. The molecule has 12 heteroatoms. The molecule has 3 aromatic rings. The van der Waals surface area contributed by atoms with Crippen molar-refractivity contribution >= 4 is 23.3 Å². The van der Waals surface area contributed by atoms with Crippen LogP contribution in [-0.2, 0) is 6.18 Å². The largest absolute Gasteiger partial charge is 0.493 e. The number of ether oxygens (including phenoxy) is 3. The van der Waals surface area contributed by atoms with Gasteiger partial charge >= 0.3 is 6.18 Å². The van der Waals surface area contributed by atoms with Crippen molar-refractivity contribution in [3.63, 3.8) is 0 Å². The lowest BCUT2D eigenvalue weighted by Crippen LogP contribution is -2.30. The lowest BCUT2D eigenvalue weighted by molar-refractivity contribution is -0.137. The molecule has 202 valence electrons. The van der Waals surface area contributed by atoms with Crippen LogP contribution in [0.25, 0.3) is 11.3 Å². The monoisotopic (exact) mass is 552 g/mol. The summed E-state index contributed by atoms with van der Waals surface area (Å²) in [5.41, 5.74) is -0.486. The van der Waals surface area contributed by atoms with Crippen molar-refractivity contribution in [1.82, 2.24) is 10.3 Å². The molecule has 1 heterocycles. The van der Waals surface area contributed by atoms with Crippen molar-refractivity contribution in [3.05, 3.63) is 70.4 Å². The van der Waals surface area contributed by atoms with Crippen LogP contribution in [0.15, 0.2) is 48.5 Å². The summed E-state index contributed by atoms with van der Waals surface area (Å²) in [5, 5.41) is 10.9. The molecule has 0 unspecified atom stereocenters. The topological polar surface area (TPSA) is 107 Å². The Balaban J connectivity index is 1.80. The van der Waals surface area contributed by atoms with Gasteiger partial charge in [-0.1, -0.05) is 17.7 Å². The number of ketones is 1. The number of pyridine rings is 1. The van der Waals surface area contributed by atoms with Crippen LogP contribution in [0.3, 0.4) is 0 Å². The molecule has 0 aliphatic heterocycles. The van der Waals surface area contributed by atoms with Gasteiger partial charge in [-0.25, -0.2) is 4.98 Å². The van der Waals surface area contributed by atoms with E-state index in [9.17, 15) is 22.8 Å². The number of hydrogen-bond acceptors (Lipinski definition) is 7. The molecule has 0 radical (unpaired) electrons. The van der Waals surface area contributed by atoms with Crippen LogP contribution in [0.4, 0.5) is 13.2 Å². The molecule has 38 heavy (non-hydrogen) atoms. The molecule has 0 fully saturated rings. The normalized spacial score (nSPS) is 11.1. The van der Waals surface area contributed by atoms with E-state index in [1.807, 2.05) is 0 Å². The van der Waals surface area contributed by atoms with Gasteiger partial charge in [0.1, 0.15) is 23.7 Å². The number of rotatable bonds is 11. The first-order valence-corrected chi connectivity index (χ1v) is 11.7. The Morgan fingerprint density at radius 2 is 1.76 bits per heavy atom. The maximum absolute atomic E-state index is 13.1. The third-order valence-electron chi connectivity index (χ3n) is 5.18. The number of alkyl halides is 3. The second kappa shape index (κ2) is 12.6. The smallest absolute Gasteiger partial charge is 0.417 e. The molecule has 2 aromatic carbocycles. The minimum Gasteiger partial charge on any atom is -0.493 e. The maximum atomic E-state index is 13.1. The van der Waals surface area contributed by atoms with E-state index < -0.39 is 35.0 Å². The minimum absolute atomic E-state index is 0.0369. The highest BCUT2D eigenvalue weighted by atomic mass is 35.5. The number of aromatic nitrogens is 1. The third-order valence-corrected chi connectivity index (χ3v) is 5.49. The summed E-state index contributed by atoms with van der Waals surface area (Å²) in [6.45, 7) is 1.42. The van der Waals surface area contributed by atoms with E-state index in [1.54, 1.807) is 6.92 Å². The first-order valence-electron chi connectivity index (χ1n) is 11.3. The Bertz CT molecular complexity index is 1320. The number of halogens is 4. The molecule has 1 aromatic heterocycles. The molecule has 0 aliphatic carbocycles. The van der Waals surface area contributed by atoms with Crippen molar-refractivity contribution < 1.29 is 42.1 Å². The number of nitrogens with one attached hydrogen (secondary N) is 1. The van der Waals surface area contributed by atoms with E-state index in [0.29, 0.717) is 5.75 Å². The van der Waals surface area contributed by atoms with Gasteiger partial charge in [0, 0.05) is 11.1 Å². The Labute approximate surface area is 221 Å². The summed E-state index contributed by atoms with van der Waals surface area (Å²) in [7, 11) is 1.39. The van der Waals surface area contributed by atoms with E-state index in [4.69, 9.17) is 30.9 Å². The van der Waals surface area contributed by atoms with E-state index in [2.05, 4.69) is 10.3 Å². The predicted octanol–water partition coefficient (Wildman–Crippen LogP) is 4.81. The van der Waals surface area contributed by atoms with Crippen molar-refractivity contribution in [2.45, 2.75) is 13.1 Å². The van der Waals surface area contributed by atoms with Gasteiger partial charge < -0.3 is 24.6 Å². The average molecular weight is 553 g/mol. The van der Waals surface area contributed by atoms with Gasteiger partial charge in [-0.3, -0.25) is 9.59 Å². The molecule has 0 aliphatic rings. The average Bonchev–Trinajstić information content (AvgIpc) is 2.89. The molecule has 8 nitrogen and oxygen atoms in total. The quantitative estimate of drug-likeness (QED) is 0.329. The molecule has 3 rings (SSSR count). The zero-order chi connectivity index (χ0) is 27.9. The molecule has 2 N–H and O–H groups in total. The molecule has 0 bridgehead atoms. The Hall–Kier alpha value is -3.83. The van der Waals surface area contributed by atoms with Crippen molar-refractivity contribution in [3.8, 4) is 28.5 Å². The van der Waals surface area contributed by atoms with Crippen LogP contribution in [-0.4, -0.2) is 55.3 Å². The van der Waals surface area contributed by atoms with Crippen LogP contribution in [0.2, 0.25) is 5.02 Å². The molecule has 1 amide bonds. The number of benzene rings is 2. The number of methoxy groups -OCH3 is 1. The highest BCUT2D eigenvalue weighted by molar-refractivity contribution is 6.31. The van der Waals surface area contributed by atoms with Crippen LogP contribution in [0.1, 0.15) is 33.3 Å². The standard InChI is InChI=1S/C26H24ClF3N2O6/c1-3-37-22-9-7-19(32-24(22)15-4-6-17(18(27)12-15)26(28,29)30)20(34)14-31-25(35)16-5-8-21(38-11-10-33)23(13-16)36-2/h4-9,12-13,33H,3,10-11,14H2,1-2H3,(H,31,35). The van der Waals surface area contributed by atoms with Gasteiger partial charge in [-0.2, -0.15) is 13.2 Å².